The Morgan fingerprint density at radius 2 is 1.34 bits per heavy atom. The van der Waals surface area contributed by atoms with Gasteiger partial charge in [0.05, 0.1) is 62.8 Å². The summed E-state index contributed by atoms with van der Waals surface area (Å²) in [5, 5.41) is -9.37. The molecule has 3 nitrogen and oxygen atoms in total. The average Bonchev–Trinajstić information content (AvgIpc) is 2.66. The number of para-hydroxylation sites is 1. The van der Waals surface area contributed by atoms with Crippen LogP contribution in [0.2, 0.25) is 5.21 Å². The molecule has 35 heavy (non-hydrogen) atoms. The standard InChI is InChI=1S/C18H11B12FN2OS/c19-14(20,15(21,22)31)16(23,24)34-10-5-6-12(35-13-4-2-1-3-11(13)32)9(7-10)8-33(17(25,26)27)18(28,29)30/h1-7H,8,32H2. The topological polar surface area (TPSA) is 38.5 Å². The van der Waals surface area contributed by atoms with E-state index in [9.17, 15) is 4.39 Å². The molecule has 0 atom stereocenters. The van der Waals surface area contributed by atoms with Gasteiger partial charge in [-0.05, 0) is 35.9 Å². The third-order valence-electron chi connectivity index (χ3n) is 5.00. The minimum Gasteiger partial charge on any atom is -0.508 e. The Bertz CT molecular complexity index is 1030. The summed E-state index contributed by atoms with van der Waals surface area (Å²) in [5.41, 5.74) is 3.80. The highest BCUT2D eigenvalue weighted by molar-refractivity contribution is 7.99. The van der Waals surface area contributed by atoms with Crippen LogP contribution in [0, 0.1) is 0 Å². The second kappa shape index (κ2) is 10.4. The molecule has 148 valence electrons. The summed E-state index contributed by atoms with van der Waals surface area (Å²) in [6.07, 6.45) is 0. The molecule has 24 radical (unpaired) electrons. The number of rotatable bonds is 10. The first-order valence-electron chi connectivity index (χ1n) is 9.94. The van der Waals surface area contributed by atoms with Crippen molar-refractivity contribution in [3.05, 3.63) is 48.0 Å². The number of hydrogen-bond acceptors (Lipinski definition) is 4. The zero-order chi connectivity index (χ0) is 27.0. The number of nitrogen functional groups attached to an aromatic ring is 1. The van der Waals surface area contributed by atoms with E-state index in [2.05, 4.69) is 0 Å². The molecule has 2 aromatic rings. The molecular formula is C18H11B12FN2OS. The molecule has 0 saturated heterocycles. The van der Waals surface area contributed by atoms with Gasteiger partial charge in [0.25, 0.3) is 0 Å². The fraction of sp³-hybridized carbons (Fsp3) is 0.333. The monoisotopic (exact) mass is 454 g/mol. The fourth-order valence-corrected chi connectivity index (χ4v) is 3.85. The normalized spacial score (nSPS) is 13.5. The molecule has 2 N–H and O–H groups in total. The van der Waals surface area contributed by atoms with Gasteiger partial charge in [0.1, 0.15) is 37.1 Å². The van der Waals surface area contributed by atoms with Crippen LogP contribution in [0.25, 0.3) is 0 Å². The first-order valence-corrected chi connectivity index (χ1v) is 10.8. The van der Waals surface area contributed by atoms with Gasteiger partial charge < -0.3 is 15.4 Å². The van der Waals surface area contributed by atoms with E-state index in [4.69, 9.17) is 105 Å². The SMILES string of the molecule is [B]C([B])([B])N(Cc1cc(OC([B])([B])C([B])([B])C([B])([B])F)ccc1Sc1ccccc1N)C([B])([B])[B]. The lowest BCUT2D eigenvalue weighted by Crippen LogP contribution is -2.63. The third-order valence-corrected chi connectivity index (χ3v) is 6.21. The molecule has 0 bridgehead atoms. The van der Waals surface area contributed by atoms with Crippen molar-refractivity contribution in [1.82, 2.24) is 4.90 Å². The Labute approximate surface area is 227 Å². The number of hydrogen-bond donors (Lipinski definition) is 1. The first-order chi connectivity index (χ1) is 15.7. The highest BCUT2D eigenvalue weighted by Gasteiger charge is 2.47. The van der Waals surface area contributed by atoms with Crippen molar-refractivity contribution in [1.29, 1.82) is 0 Å². The molecule has 2 rings (SSSR count). The van der Waals surface area contributed by atoms with E-state index in [0.717, 1.165) is 9.80 Å². The molecule has 0 heterocycles. The summed E-state index contributed by atoms with van der Waals surface area (Å²) in [4.78, 5) is 2.34. The summed E-state index contributed by atoms with van der Waals surface area (Å²) >= 11 is 1.28. The average molecular weight is 452 g/mol. The van der Waals surface area contributed by atoms with Crippen molar-refractivity contribution in [3.8, 4) is 5.75 Å². The van der Waals surface area contributed by atoms with Gasteiger partial charge in [-0.25, -0.2) is 0 Å². The van der Waals surface area contributed by atoms with Gasteiger partial charge in [-0.15, -0.1) is 0 Å². The Morgan fingerprint density at radius 1 is 0.800 bits per heavy atom. The largest absolute Gasteiger partial charge is 0.508 e. The van der Waals surface area contributed by atoms with Crippen molar-refractivity contribution < 1.29 is 9.13 Å². The zero-order valence-corrected chi connectivity index (χ0v) is 19.7. The summed E-state index contributed by atoms with van der Waals surface area (Å²) in [6, 6.07) is 11.6. The van der Waals surface area contributed by atoms with Gasteiger partial charge in [0.2, 0.25) is 0 Å². The minimum atomic E-state index is -3.20. The number of halogens is 1. The van der Waals surface area contributed by atoms with Crippen molar-refractivity contribution in [2.45, 2.75) is 42.9 Å². The van der Waals surface area contributed by atoms with Gasteiger partial charge in [-0.2, -0.15) is 0 Å². The smallest absolute Gasteiger partial charge is 0.118 e. The lowest BCUT2D eigenvalue weighted by Gasteiger charge is -2.51. The van der Waals surface area contributed by atoms with Gasteiger partial charge in [-0.3, -0.25) is 4.39 Å². The molecule has 0 unspecified atom stereocenters. The van der Waals surface area contributed by atoms with Crippen LogP contribution in [0.5, 0.6) is 5.75 Å². The number of ether oxygens (including phenoxy) is 1. The van der Waals surface area contributed by atoms with Crippen molar-refractivity contribution >= 4 is 112 Å². The predicted octanol–water partition coefficient (Wildman–Crippen LogP) is -1.76. The van der Waals surface area contributed by atoms with Crippen molar-refractivity contribution in [2.75, 3.05) is 5.73 Å². The lowest BCUT2D eigenvalue weighted by molar-refractivity contribution is 0.171. The van der Waals surface area contributed by atoms with Gasteiger partial charge in [-0.1, -0.05) is 39.6 Å². The highest BCUT2D eigenvalue weighted by Crippen LogP contribution is 2.42. The van der Waals surface area contributed by atoms with Gasteiger partial charge >= 0.3 is 0 Å². The van der Waals surface area contributed by atoms with E-state index in [1.165, 1.54) is 23.9 Å². The second-order valence-electron chi connectivity index (χ2n) is 8.30. The van der Waals surface area contributed by atoms with E-state index in [1.807, 2.05) is 0 Å². The van der Waals surface area contributed by atoms with Crippen LogP contribution in [0.15, 0.2) is 52.3 Å². The summed E-state index contributed by atoms with van der Waals surface area (Å²) in [6.45, 7) is -0.196. The van der Waals surface area contributed by atoms with Crippen LogP contribution in [-0.2, 0) is 6.54 Å². The van der Waals surface area contributed by atoms with Crippen LogP contribution in [-0.4, -0.2) is 120 Å². The summed E-state index contributed by atoms with van der Waals surface area (Å²) in [5.74, 6) is -0.0202. The molecule has 0 aliphatic rings. The molecule has 0 spiro atoms. The summed E-state index contributed by atoms with van der Waals surface area (Å²) in [7, 11) is 68.3. The van der Waals surface area contributed by atoms with E-state index >= 15 is 0 Å². The van der Waals surface area contributed by atoms with Crippen LogP contribution >= 0.6 is 11.8 Å². The molecule has 0 amide bonds. The molecule has 0 aliphatic carbocycles. The minimum absolute atomic E-state index is 0.0202. The second-order valence-corrected chi connectivity index (χ2v) is 9.39. The molecule has 0 aromatic heterocycles. The van der Waals surface area contributed by atoms with Crippen LogP contribution in [0.4, 0.5) is 10.1 Å². The van der Waals surface area contributed by atoms with E-state index in [0.29, 0.717) is 16.1 Å². The number of nitrogens with two attached hydrogens (primary N) is 1. The molecular weight excluding hydrogens is 441 g/mol. The maximum atomic E-state index is 14.2. The zero-order valence-electron chi connectivity index (χ0n) is 18.9. The van der Waals surface area contributed by atoms with E-state index in [-0.39, 0.29) is 12.3 Å². The molecule has 2 aromatic carbocycles. The third kappa shape index (κ3) is 7.31. The summed E-state index contributed by atoms with van der Waals surface area (Å²) < 4.78 is 19.7. The van der Waals surface area contributed by atoms with Crippen molar-refractivity contribution in [2.24, 2.45) is 0 Å². The van der Waals surface area contributed by atoms with Crippen LogP contribution in [0.1, 0.15) is 5.56 Å². The van der Waals surface area contributed by atoms with Crippen LogP contribution < -0.4 is 10.5 Å². The Kier molecular flexibility index (Phi) is 9.03. The highest BCUT2D eigenvalue weighted by atomic mass is 32.2. The molecule has 17 heteroatoms. The van der Waals surface area contributed by atoms with Gasteiger partial charge in [0.15, 0.2) is 0 Å². The van der Waals surface area contributed by atoms with E-state index < -0.39 is 26.6 Å². The van der Waals surface area contributed by atoms with Crippen LogP contribution in [0.3, 0.4) is 0 Å². The quantitative estimate of drug-likeness (QED) is 0.343. The van der Waals surface area contributed by atoms with Crippen molar-refractivity contribution in [3.63, 3.8) is 0 Å². The number of anilines is 1. The molecule has 0 saturated carbocycles. The molecule has 0 fully saturated rings. The maximum Gasteiger partial charge on any atom is 0.118 e. The Hall–Kier alpha value is -0.941. The van der Waals surface area contributed by atoms with E-state index in [1.54, 1.807) is 30.3 Å². The maximum absolute atomic E-state index is 14.2. The fourth-order valence-electron chi connectivity index (χ4n) is 2.89. The Morgan fingerprint density at radius 3 is 1.83 bits per heavy atom. The molecule has 0 aliphatic heterocycles. The predicted molar refractivity (Wildman–Crippen MR) is 151 cm³/mol. The Balaban J connectivity index is 2.56. The van der Waals surface area contributed by atoms with Gasteiger partial charge in [0, 0.05) is 32.9 Å². The number of alkyl halides is 1. The lowest BCUT2D eigenvalue weighted by atomic mass is 9.25. The number of benzene rings is 2. The first kappa shape index (κ1) is 30.3. The number of nitrogens with zero attached hydrogens (tertiary/aromatic N) is 1.